The number of nitro groups is 1. The van der Waals surface area contributed by atoms with E-state index in [-0.39, 0.29) is 23.4 Å². The Labute approximate surface area is 170 Å². The van der Waals surface area contributed by atoms with Gasteiger partial charge >= 0.3 is 0 Å². The molecule has 0 saturated heterocycles. The normalized spacial score (nSPS) is 10.9. The molecule has 0 bridgehead atoms. The molecule has 2 rings (SSSR count). The van der Waals surface area contributed by atoms with E-state index >= 15 is 0 Å². The Morgan fingerprint density at radius 2 is 1.86 bits per heavy atom. The molecule has 1 aromatic carbocycles. The number of amides is 1. The molecule has 154 valence electrons. The van der Waals surface area contributed by atoms with Gasteiger partial charge in [-0.1, -0.05) is 45.1 Å². The molecule has 1 amide bonds. The third-order valence-electron chi connectivity index (χ3n) is 3.01. The van der Waals surface area contributed by atoms with E-state index in [0.717, 1.165) is 17.5 Å². The Hall–Kier alpha value is -2.58. The van der Waals surface area contributed by atoms with Gasteiger partial charge in [0.25, 0.3) is 11.6 Å². The number of nitrogens with zero attached hydrogens (tertiary/aromatic N) is 2. The number of aliphatic hydroxyl groups is 1. The molecule has 0 unspecified atom stereocenters. The van der Waals surface area contributed by atoms with Crippen molar-refractivity contribution in [3.05, 3.63) is 57.9 Å². The van der Waals surface area contributed by atoms with Gasteiger partial charge in [0, 0.05) is 11.8 Å². The van der Waals surface area contributed by atoms with Crippen LogP contribution in [0.4, 0.5) is 5.69 Å². The smallest absolute Gasteiger partial charge is 0.280 e. The van der Waals surface area contributed by atoms with Crippen molar-refractivity contribution < 1.29 is 14.8 Å². The number of carbonyl (C=O) groups is 1. The molecule has 0 aliphatic carbocycles. The van der Waals surface area contributed by atoms with E-state index in [1.807, 2.05) is 26.0 Å². The molecule has 0 radical (unpaired) electrons. The second kappa shape index (κ2) is 13.6. The van der Waals surface area contributed by atoms with E-state index in [2.05, 4.69) is 30.5 Å². The van der Waals surface area contributed by atoms with Crippen molar-refractivity contribution >= 4 is 33.2 Å². The van der Waals surface area contributed by atoms with Gasteiger partial charge in [-0.15, -0.1) is 0 Å². The first kappa shape index (κ1) is 25.4. The monoisotopic (exact) mass is 407 g/mol. The summed E-state index contributed by atoms with van der Waals surface area (Å²) in [5.41, 5.74) is 0.146. The Bertz CT molecular complexity index is 819. The maximum Gasteiger partial charge on any atom is 0.280 e. The van der Waals surface area contributed by atoms with Crippen LogP contribution in [0.5, 0.6) is 0 Å². The van der Waals surface area contributed by atoms with Gasteiger partial charge in [-0.3, -0.25) is 14.9 Å². The lowest BCUT2D eigenvalue weighted by Gasteiger charge is -2.05. The van der Waals surface area contributed by atoms with Crippen LogP contribution in [-0.4, -0.2) is 26.9 Å². The minimum Gasteiger partial charge on any atom is -0.390 e. The number of nitro benzene ring substituents is 1. The maximum atomic E-state index is 12.1. The Morgan fingerprint density at radius 3 is 2.29 bits per heavy atom. The first-order valence-corrected chi connectivity index (χ1v) is 9.68. The Balaban J connectivity index is 0.000000776. The second-order valence-corrected chi connectivity index (χ2v) is 7.07. The van der Waals surface area contributed by atoms with E-state index in [1.54, 1.807) is 25.1 Å². The molecule has 0 spiro atoms. The number of aliphatic hydroxyl groups excluding tert-OH is 1. The van der Waals surface area contributed by atoms with Gasteiger partial charge in [-0.05, 0) is 44.3 Å². The van der Waals surface area contributed by atoms with Crippen LogP contribution in [0.1, 0.15) is 52.0 Å². The maximum absolute atomic E-state index is 12.1. The number of hydrogen-bond acceptors (Lipinski definition) is 6. The zero-order valence-corrected chi connectivity index (χ0v) is 18.0. The van der Waals surface area contributed by atoms with Crippen LogP contribution in [0.25, 0.3) is 10.1 Å². The SMILES string of the molecule is C/C=C(\CO)NC(=O)c1nsc2cccc([N+](=O)[O-])c12.C/C=C\C.CC(C)C. The minimum absolute atomic E-state index is 0.00917. The summed E-state index contributed by atoms with van der Waals surface area (Å²) in [5.74, 6) is 0.257. The highest BCUT2D eigenvalue weighted by molar-refractivity contribution is 7.13. The van der Waals surface area contributed by atoms with E-state index in [0.29, 0.717) is 10.4 Å². The molecule has 1 aromatic heterocycles. The highest BCUT2D eigenvalue weighted by Gasteiger charge is 2.23. The van der Waals surface area contributed by atoms with Gasteiger partial charge in [0.15, 0.2) is 5.69 Å². The summed E-state index contributed by atoms with van der Waals surface area (Å²) in [6.45, 7) is 11.8. The summed E-state index contributed by atoms with van der Waals surface area (Å²) < 4.78 is 4.54. The summed E-state index contributed by atoms with van der Waals surface area (Å²) in [5, 5.41) is 22.7. The van der Waals surface area contributed by atoms with Crippen LogP contribution in [-0.2, 0) is 0 Å². The second-order valence-electron chi connectivity index (χ2n) is 6.26. The van der Waals surface area contributed by atoms with E-state index < -0.39 is 10.8 Å². The highest BCUT2D eigenvalue weighted by atomic mass is 32.1. The van der Waals surface area contributed by atoms with Gasteiger partial charge in [-0.25, -0.2) is 0 Å². The summed E-state index contributed by atoms with van der Waals surface area (Å²) >= 11 is 1.02. The number of aromatic nitrogens is 1. The van der Waals surface area contributed by atoms with Crippen molar-refractivity contribution in [1.82, 2.24) is 9.69 Å². The third kappa shape index (κ3) is 8.41. The van der Waals surface area contributed by atoms with Gasteiger partial charge in [0.2, 0.25) is 0 Å². The molecule has 1 heterocycles. The molecule has 28 heavy (non-hydrogen) atoms. The Morgan fingerprint density at radius 1 is 1.29 bits per heavy atom. The van der Waals surface area contributed by atoms with Crippen molar-refractivity contribution in [3.8, 4) is 0 Å². The first-order valence-electron chi connectivity index (χ1n) is 8.90. The Kier molecular flexibility index (Phi) is 12.3. The molecule has 0 saturated carbocycles. The zero-order chi connectivity index (χ0) is 21.7. The molecule has 8 heteroatoms. The standard InChI is InChI=1S/C12H11N3O4S.C4H10.C4H8/c1-2-7(6-16)13-12(17)11-10-8(15(18)19)4-3-5-9(10)20-14-11;1-4(2)3;1-3-4-2/h2-5,16H,6H2,1H3,(H,13,17);4H,1-3H3;3-4H,1-2H3/b7-2+;;4-3-. The number of rotatable bonds is 4. The van der Waals surface area contributed by atoms with Crippen LogP contribution >= 0.6 is 11.5 Å². The number of non-ortho nitro benzene ring substituents is 1. The lowest BCUT2D eigenvalue weighted by molar-refractivity contribution is -0.383. The first-order chi connectivity index (χ1) is 13.2. The number of allylic oxidation sites excluding steroid dienone is 3. The summed E-state index contributed by atoms with van der Waals surface area (Å²) in [6, 6.07) is 4.54. The zero-order valence-electron chi connectivity index (χ0n) is 17.2. The fourth-order valence-electron chi connectivity index (χ4n) is 1.69. The van der Waals surface area contributed by atoms with E-state index in [9.17, 15) is 14.9 Å². The molecule has 0 fully saturated rings. The average Bonchev–Trinajstić information content (AvgIpc) is 3.09. The molecular formula is C20H29N3O4S. The number of carbonyl (C=O) groups excluding carboxylic acids is 1. The molecule has 0 atom stereocenters. The predicted octanol–water partition coefficient (Wildman–Crippen LogP) is 5.08. The minimum atomic E-state index is -0.576. The van der Waals surface area contributed by atoms with Gasteiger partial charge in [0.1, 0.15) is 5.39 Å². The van der Waals surface area contributed by atoms with Crippen molar-refractivity contribution in [1.29, 1.82) is 0 Å². The molecule has 2 N–H and O–H groups in total. The number of fused-ring (bicyclic) bond motifs is 1. The quantitative estimate of drug-likeness (QED) is 0.418. The number of benzene rings is 1. The van der Waals surface area contributed by atoms with Crippen LogP contribution < -0.4 is 5.32 Å². The lowest BCUT2D eigenvalue weighted by Crippen LogP contribution is -2.25. The fraction of sp³-hybridized carbons (Fsp3) is 0.400. The topological polar surface area (TPSA) is 105 Å². The summed E-state index contributed by atoms with van der Waals surface area (Å²) in [4.78, 5) is 22.6. The molecule has 0 aliphatic heterocycles. The lowest BCUT2D eigenvalue weighted by atomic mass is 10.1. The van der Waals surface area contributed by atoms with Crippen LogP contribution in [0.2, 0.25) is 0 Å². The van der Waals surface area contributed by atoms with Crippen LogP contribution in [0, 0.1) is 16.0 Å². The average molecular weight is 408 g/mol. The van der Waals surface area contributed by atoms with Crippen molar-refractivity contribution in [2.45, 2.75) is 41.5 Å². The van der Waals surface area contributed by atoms with Crippen molar-refractivity contribution in [2.24, 2.45) is 5.92 Å². The summed E-state index contributed by atoms with van der Waals surface area (Å²) in [7, 11) is 0. The van der Waals surface area contributed by atoms with Gasteiger partial charge in [0.05, 0.1) is 16.2 Å². The van der Waals surface area contributed by atoms with E-state index in [1.165, 1.54) is 6.07 Å². The van der Waals surface area contributed by atoms with Crippen LogP contribution in [0.3, 0.4) is 0 Å². The number of hydrogen-bond donors (Lipinski definition) is 2. The third-order valence-corrected chi connectivity index (χ3v) is 3.83. The van der Waals surface area contributed by atoms with E-state index in [4.69, 9.17) is 5.11 Å². The molecular weight excluding hydrogens is 378 g/mol. The summed E-state index contributed by atoms with van der Waals surface area (Å²) in [6.07, 6.45) is 5.54. The number of nitrogens with one attached hydrogen (secondary N) is 1. The highest BCUT2D eigenvalue weighted by Crippen LogP contribution is 2.31. The largest absolute Gasteiger partial charge is 0.390 e. The van der Waals surface area contributed by atoms with Crippen molar-refractivity contribution in [3.63, 3.8) is 0 Å². The van der Waals surface area contributed by atoms with Crippen LogP contribution in [0.15, 0.2) is 42.1 Å². The predicted molar refractivity (Wildman–Crippen MR) is 116 cm³/mol. The fourth-order valence-corrected chi connectivity index (χ4v) is 2.49. The van der Waals surface area contributed by atoms with Gasteiger partial charge < -0.3 is 10.4 Å². The van der Waals surface area contributed by atoms with Crippen molar-refractivity contribution in [2.75, 3.05) is 6.61 Å². The molecule has 0 aliphatic rings. The van der Waals surface area contributed by atoms with Gasteiger partial charge in [-0.2, -0.15) is 4.37 Å². The molecule has 2 aromatic rings. The molecule has 7 nitrogen and oxygen atoms in total.